The summed E-state index contributed by atoms with van der Waals surface area (Å²) in [6.07, 6.45) is 1.07. The summed E-state index contributed by atoms with van der Waals surface area (Å²) in [6, 6.07) is 5.65. The van der Waals surface area contributed by atoms with Crippen molar-refractivity contribution in [2.75, 3.05) is 0 Å². The number of rotatable bonds is 3. The lowest BCUT2D eigenvalue weighted by molar-refractivity contribution is 0.627. The summed E-state index contributed by atoms with van der Waals surface area (Å²) >= 11 is 5.93. The highest BCUT2D eigenvalue weighted by Crippen LogP contribution is 2.19. The molecule has 5 heteroatoms. The predicted molar refractivity (Wildman–Crippen MR) is 68.5 cm³/mol. The van der Waals surface area contributed by atoms with Crippen molar-refractivity contribution in [1.29, 1.82) is 0 Å². The van der Waals surface area contributed by atoms with Crippen LogP contribution in [0.15, 0.2) is 29.1 Å². The average molecular weight is 267 g/mol. The number of aryl methyl sites for hydroxylation is 1. The van der Waals surface area contributed by atoms with Crippen LogP contribution in [0.4, 0.5) is 4.39 Å². The molecule has 0 amide bonds. The summed E-state index contributed by atoms with van der Waals surface area (Å²) in [5.41, 5.74) is 1.27. The summed E-state index contributed by atoms with van der Waals surface area (Å²) in [6.45, 7) is 1.93. The monoisotopic (exact) mass is 266 g/mol. The van der Waals surface area contributed by atoms with Gasteiger partial charge in [0.2, 0.25) is 0 Å². The minimum absolute atomic E-state index is 0.185. The second-order valence-corrected chi connectivity index (χ2v) is 4.36. The smallest absolute Gasteiger partial charge is 0.251 e. The zero-order chi connectivity index (χ0) is 13.1. The minimum atomic E-state index is -0.382. The fourth-order valence-corrected chi connectivity index (χ4v) is 1.91. The Bertz CT molecular complexity index is 625. The summed E-state index contributed by atoms with van der Waals surface area (Å²) in [4.78, 5) is 18.4. The molecule has 2 rings (SSSR count). The number of hydrogen-bond acceptors (Lipinski definition) is 2. The van der Waals surface area contributed by atoms with Gasteiger partial charge in [-0.05, 0) is 24.1 Å². The third-order valence-corrected chi connectivity index (χ3v) is 2.93. The SMILES string of the molecule is CCc1cc(=O)[nH]c(Cc2ccc(F)cc2Cl)n1. The van der Waals surface area contributed by atoms with Crippen molar-refractivity contribution in [2.45, 2.75) is 19.8 Å². The molecule has 1 heterocycles. The van der Waals surface area contributed by atoms with Crippen molar-refractivity contribution in [2.24, 2.45) is 0 Å². The van der Waals surface area contributed by atoms with Crippen LogP contribution in [0, 0.1) is 5.82 Å². The van der Waals surface area contributed by atoms with Crippen LogP contribution < -0.4 is 5.56 Å². The van der Waals surface area contributed by atoms with Crippen molar-refractivity contribution in [3.8, 4) is 0 Å². The Morgan fingerprint density at radius 1 is 1.39 bits per heavy atom. The lowest BCUT2D eigenvalue weighted by Crippen LogP contribution is -2.13. The number of nitrogens with zero attached hydrogens (tertiary/aromatic N) is 1. The third-order valence-electron chi connectivity index (χ3n) is 2.58. The van der Waals surface area contributed by atoms with E-state index in [1.165, 1.54) is 18.2 Å². The normalized spacial score (nSPS) is 10.6. The molecule has 1 aromatic carbocycles. The lowest BCUT2D eigenvalue weighted by atomic mass is 10.1. The Morgan fingerprint density at radius 3 is 2.83 bits per heavy atom. The second-order valence-electron chi connectivity index (χ2n) is 3.95. The summed E-state index contributed by atoms with van der Waals surface area (Å²) in [7, 11) is 0. The van der Waals surface area contributed by atoms with Gasteiger partial charge in [-0.1, -0.05) is 24.6 Å². The van der Waals surface area contributed by atoms with E-state index >= 15 is 0 Å². The van der Waals surface area contributed by atoms with Crippen molar-refractivity contribution in [3.63, 3.8) is 0 Å². The molecule has 0 unspecified atom stereocenters. The Morgan fingerprint density at radius 2 is 2.17 bits per heavy atom. The van der Waals surface area contributed by atoms with Crippen LogP contribution in [0.5, 0.6) is 0 Å². The van der Waals surface area contributed by atoms with Crippen LogP contribution in [-0.2, 0) is 12.8 Å². The van der Waals surface area contributed by atoms with E-state index in [9.17, 15) is 9.18 Å². The standard InChI is InChI=1S/C13H12ClFN2O/c1-2-10-7-13(18)17-12(16-10)5-8-3-4-9(15)6-11(8)14/h3-4,6-7H,2,5H2,1H3,(H,16,17,18). The maximum Gasteiger partial charge on any atom is 0.251 e. The van der Waals surface area contributed by atoms with Gasteiger partial charge in [0.1, 0.15) is 11.6 Å². The fraction of sp³-hybridized carbons (Fsp3) is 0.231. The lowest BCUT2D eigenvalue weighted by Gasteiger charge is -2.05. The first-order valence-corrected chi connectivity index (χ1v) is 5.99. The molecule has 0 aliphatic carbocycles. The van der Waals surface area contributed by atoms with E-state index in [4.69, 9.17) is 11.6 Å². The Labute approximate surface area is 109 Å². The molecule has 2 aromatic rings. The topological polar surface area (TPSA) is 45.8 Å². The van der Waals surface area contributed by atoms with Crippen molar-refractivity contribution >= 4 is 11.6 Å². The van der Waals surface area contributed by atoms with Gasteiger partial charge in [0.25, 0.3) is 5.56 Å². The van der Waals surface area contributed by atoms with Crippen LogP contribution in [0.1, 0.15) is 24.0 Å². The number of hydrogen-bond donors (Lipinski definition) is 1. The van der Waals surface area contributed by atoms with E-state index in [2.05, 4.69) is 9.97 Å². The maximum absolute atomic E-state index is 12.9. The highest BCUT2D eigenvalue weighted by molar-refractivity contribution is 6.31. The van der Waals surface area contributed by atoms with E-state index in [1.54, 1.807) is 6.07 Å². The van der Waals surface area contributed by atoms with Crippen molar-refractivity contribution in [3.05, 3.63) is 62.5 Å². The molecule has 3 nitrogen and oxygen atoms in total. The summed E-state index contributed by atoms with van der Waals surface area (Å²) in [5.74, 6) is 0.153. The van der Waals surface area contributed by atoms with Crippen molar-refractivity contribution < 1.29 is 4.39 Å². The molecule has 0 radical (unpaired) electrons. The van der Waals surface area contributed by atoms with Gasteiger partial charge in [-0.15, -0.1) is 0 Å². The molecular formula is C13H12ClFN2O. The molecule has 0 aliphatic heterocycles. The van der Waals surface area contributed by atoms with Gasteiger partial charge in [0, 0.05) is 23.2 Å². The molecular weight excluding hydrogens is 255 g/mol. The first kappa shape index (κ1) is 12.8. The molecule has 0 aliphatic rings. The van der Waals surface area contributed by atoms with E-state index in [-0.39, 0.29) is 11.4 Å². The van der Waals surface area contributed by atoms with Crippen LogP contribution in [0.2, 0.25) is 5.02 Å². The Hall–Kier alpha value is -1.68. The molecule has 0 spiro atoms. The van der Waals surface area contributed by atoms with E-state index < -0.39 is 0 Å². The van der Waals surface area contributed by atoms with Crippen LogP contribution in [0.3, 0.4) is 0 Å². The molecule has 94 valence electrons. The number of nitrogens with one attached hydrogen (secondary N) is 1. The van der Waals surface area contributed by atoms with Gasteiger partial charge in [-0.3, -0.25) is 4.79 Å². The molecule has 0 saturated heterocycles. The molecule has 0 fully saturated rings. The molecule has 0 saturated carbocycles. The first-order valence-electron chi connectivity index (χ1n) is 5.61. The predicted octanol–water partition coefficient (Wildman–Crippen LogP) is 2.72. The van der Waals surface area contributed by atoms with Gasteiger partial charge < -0.3 is 4.98 Å². The van der Waals surface area contributed by atoms with Gasteiger partial charge in [-0.2, -0.15) is 0 Å². The van der Waals surface area contributed by atoms with Gasteiger partial charge in [0.05, 0.1) is 0 Å². The zero-order valence-electron chi connectivity index (χ0n) is 9.84. The number of benzene rings is 1. The average Bonchev–Trinajstić information content (AvgIpc) is 2.32. The number of aromatic amines is 1. The Balaban J connectivity index is 2.33. The van der Waals surface area contributed by atoms with Gasteiger partial charge in [0.15, 0.2) is 0 Å². The molecule has 0 atom stereocenters. The maximum atomic E-state index is 12.9. The number of aromatic nitrogens is 2. The summed E-state index contributed by atoms with van der Waals surface area (Å²) < 4.78 is 12.9. The van der Waals surface area contributed by atoms with Crippen LogP contribution in [0.25, 0.3) is 0 Å². The quantitative estimate of drug-likeness (QED) is 0.928. The van der Waals surface area contributed by atoms with Crippen molar-refractivity contribution in [1.82, 2.24) is 9.97 Å². The number of H-pyrrole nitrogens is 1. The highest BCUT2D eigenvalue weighted by Gasteiger charge is 2.06. The van der Waals surface area contributed by atoms with Crippen LogP contribution >= 0.6 is 11.6 Å². The van der Waals surface area contributed by atoms with Gasteiger partial charge >= 0.3 is 0 Å². The van der Waals surface area contributed by atoms with E-state index in [1.807, 2.05) is 6.92 Å². The zero-order valence-corrected chi connectivity index (χ0v) is 10.6. The van der Waals surface area contributed by atoms with Gasteiger partial charge in [-0.25, -0.2) is 9.37 Å². The summed E-state index contributed by atoms with van der Waals surface area (Å²) in [5, 5.41) is 0.333. The highest BCUT2D eigenvalue weighted by atomic mass is 35.5. The molecule has 1 aromatic heterocycles. The Kier molecular flexibility index (Phi) is 3.77. The second kappa shape index (κ2) is 5.31. The van der Waals surface area contributed by atoms with Crippen LogP contribution in [-0.4, -0.2) is 9.97 Å². The van der Waals surface area contributed by atoms with E-state index in [0.717, 1.165) is 11.3 Å². The molecule has 18 heavy (non-hydrogen) atoms. The largest absolute Gasteiger partial charge is 0.310 e. The third kappa shape index (κ3) is 2.96. The number of halogens is 2. The minimum Gasteiger partial charge on any atom is -0.310 e. The fourth-order valence-electron chi connectivity index (χ4n) is 1.67. The first-order chi connectivity index (χ1) is 8.58. The molecule has 1 N–H and O–H groups in total. The molecule has 0 bridgehead atoms. The van der Waals surface area contributed by atoms with E-state index in [0.29, 0.717) is 23.7 Å².